The van der Waals surface area contributed by atoms with Crippen molar-refractivity contribution in [3.63, 3.8) is 0 Å². The van der Waals surface area contributed by atoms with Crippen LogP contribution in [0.3, 0.4) is 0 Å². The van der Waals surface area contributed by atoms with Crippen LogP contribution in [0.4, 0.5) is 0 Å². The zero-order valence-corrected chi connectivity index (χ0v) is 12.3. The average molecular weight is 296 g/mol. The van der Waals surface area contributed by atoms with Crippen LogP contribution in [-0.4, -0.2) is 36.2 Å². The highest BCUT2D eigenvalue weighted by Gasteiger charge is 2.45. The van der Waals surface area contributed by atoms with E-state index in [-0.39, 0.29) is 18.8 Å². The van der Waals surface area contributed by atoms with Gasteiger partial charge in [-0.3, -0.25) is 9.59 Å². The van der Waals surface area contributed by atoms with Crippen LogP contribution in [0.15, 0.2) is 24.3 Å². The van der Waals surface area contributed by atoms with E-state index in [1.54, 1.807) is 6.08 Å². The molecule has 2 unspecified atom stereocenters. The SMILES string of the molecule is C=C(C)C(=O)OCCOC(=O)C1CCC=CC1(C)C(=O)O. The first-order valence-corrected chi connectivity index (χ1v) is 6.69. The molecule has 0 spiro atoms. The van der Waals surface area contributed by atoms with Crippen molar-refractivity contribution in [1.82, 2.24) is 0 Å². The zero-order chi connectivity index (χ0) is 16.0. The molecule has 21 heavy (non-hydrogen) atoms. The van der Waals surface area contributed by atoms with Crippen LogP contribution >= 0.6 is 0 Å². The molecule has 116 valence electrons. The Morgan fingerprint density at radius 1 is 1.33 bits per heavy atom. The van der Waals surface area contributed by atoms with E-state index in [1.165, 1.54) is 19.9 Å². The van der Waals surface area contributed by atoms with Gasteiger partial charge in [0.25, 0.3) is 0 Å². The van der Waals surface area contributed by atoms with Crippen molar-refractivity contribution < 1.29 is 29.0 Å². The molecule has 0 amide bonds. The van der Waals surface area contributed by atoms with E-state index in [1.807, 2.05) is 0 Å². The summed E-state index contributed by atoms with van der Waals surface area (Å²) in [5.41, 5.74) is -0.999. The summed E-state index contributed by atoms with van der Waals surface area (Å²) >= 11 is 0. The largest absolute Gasteiger partial charge is 0.481 e. The standard InChI is InChI=1S/C15H20O6/c1-10(2)12(16)20-8-9-21-13(17)11-6-4-5-7-15(11,3)14(18)19/h5,7,11H,1,4,6,8-9H2,2-3H3,(H,18,19). The summed E-state index contributed by atoms with van der Waals surface area (Å²) < 4.78 is 9.81. The van der Waals surface area contributed by atoms with E-state index in [4.69, 9.17) is 9.47 Å². The van der Waals surface area contributed by atoms with Gasteiger partial charge in [0.05, 0.1) is 11.3 Å². The number of carbonyl (C=O) groups is 3. The fourth-order valence-electron chi connectivity index (χ4n) is 2.09. The van der Waals surface area contributed by atoms with Gasteiger partial charge < -0.3 is 14.6 Å². The first kappa shape index (κ1) is 16.9. The molecule has 0 aromatic heterocycles. The van der Waals surface area contributed by atoms with Gasteiger partial charge in [0, 0.05) is 5.57 Å². The molecule has 0 aliphatic heterocycles. The first-order valence-electron chi connectivity index (χ1n) is 6.69. The summed E-state index contributed by atoms with van der Waals surface area (Å²) in [6.45, 7) is 6.26. The Labute approximate surface area is 123 Å². The number of hydrogen-bond donors (Lipinski definition) is 1. The number of allylic oxidation sites excluding steroid dienone is 1. The number of carbonyl (C=O) groups excluding carboxylic acids is 2. The van der Waals surface area contributed by atoms with Crippen molar-refractivity contribution in [2.75, 3.05) is 13.2 Å². The lowest BCUT2D eigenvalue weighted by molar-refractivity contribution is -0.164. The summed E-state index contributed by atoms with van der Waals surface area (Å²) in [4.78, 5) is 34.5. The van der Waals surface area contributed by atoms with E-state index >= 15 is 0 Å². The van der Waals surface area contributed by atoms with E-state index in [9.17, 15) is 19.5 Å². The minimum Gasteiger partial charge on any atom is -0.481 e. The maximum Gasteiger partial charge on any atom is 0.333 e. The topological polar surface area (TPSA) is 89.9 Å². The maximum absolute atomic E-state index is 12.0. The lowest BCUT2D eigenvalue weighted by Crippen LogP contribution is -2.41. The monoisotopic (exact) mass is 296 g/mol. The van der Waals surface area contributed by atoms with Crippen molar-refractivity contribution in [3.8, 4) is 0 Å². The lowest BCUT2D eigenvalue weighted by Gasteiger charge is -2.32. The molecule has 6 heteroatoms. The average Bonchev–Trinajstić information content (AvgIpc) is 2.43. The number of carboxylic acids is 1. The Kier molecular flexibility index (Phi) is 5.69. The summed E-state index contributed by atoms with van der Waals surface area (Å²) in [6, 6.07) is 0. The zero-order valence-electron chi connectivity index (χ0n) is 12.3. The molecule has 1 N–H and O–H groups in total. The molecule has 0 aromatic rings. The van der Waals surface area contributed by atoms with Crippen LogP contribution in [-0.2, 0) is 23.9 Å². The van der Waals surface area contributed by atoms with Gasteiger partial charge >= 0.3 is 17.9 Å². The second-order valence-corrected chi connectivity index (χ2v) is 5.20. The second-order valence-electron chi connectivity index (χ2n) is 5.20. The fourth-order valence-corrected chi connectivity index (χ4v) is 2.09. The van der Waals surface area contributed by atoms with Crippen molar-refractivity contribution in [1.29, 1.82) is 0 Å². The molecule has 1 aliphatic carbocycles. The molecule has 0 fully saturated rings. The van der Waals surface area contributed by atoms with Gasteiger partial charge in [-0.1, -0.05) is 18.7 Å². The van der Waals surface area contributed by atoms with Gasteiger partial charge in [-0.2, -0.15) is 0 Å². The molecular weight excluding hydrogens is 276 g/mol. The van der Waals surface area contributed by atoms with Crippen molar-refractivity contribution in [2.45, 2.75) is 26.7 Å². The summed E-state index contributed by atoms with van der Waals surface area (Å²) in [6.07, 6.45) is 4.34. The second kappa shape index (κ2) is 7.06. The number of hydrogen-bond acceptors (Lipinski definition) is 5. The highest BCUT2D eigenvalue weighted by Crippen LogP contribution is 2.37. The highest BCUT2D eigenvalue weighted by atomic mass is 16.6. The van der Waals surface area contributed by atoms with E-state index in [0.29, 0.717) is 12.8 Å². The fraction of sp³-hybridized carbons (Fsp3) is 0.533. The normalized spacial score (nSPS) is 24.2. The molecule has 0 bridgehead atoms. The maximum atomic E-state index is 12.0. The van der Waals surface area contributed by atoms with Crippen LogP contribution in [0.25, 0.3) is 0 Å². The molecule has 0 saturated carbocycles. The molecule has 0 saturated heterocycles. The van der Waals surface area contributed by atoms with Crippen molar-refractivity contribution in [2.24, 2.45) is 11.3 Å². The number of ether oxygens (including phenoxy) is 2. The van der Waals surface area contributed by atoms with Crippen LogP contribution < -0.4 is 0 Å². The Bertz CT molecular complexity index is 479. The number of aliphatic carboxylic acids is 1. The Morgan fingerprint density at radius 2 is 1.95 bits per heavy atom. The molecule has 1 rings (SSSR count). The third-order valence-electron chi connectivity index (χ3n) is 3.46. The van der Waals surface area contributed by atoms with Gasteiger partial charge in [0.1, 0.15) is 13.2 Å². The highest BCUT2D eigenvalue weighted by molar-refractivity contribution is 5.87. The van der Waals surface area contributed by atoms with Gasteiger partial charge in [0.15, 0.2) is 0 Å². The first-order chi connectivity index (χ1) is 9.79. The van der Waals surface area contributed by atoms with Crippen molar-refractivity contribution >= 4 is 17.9 Å². The van der Waals surface area contributed by atoms with Gasteiger partial charge in [-0.15, -0.1) is 0 Å². The Hall–Kier alpha value is -2.11. The minimum atomic E-state index is -1.26. The number of carboxylic acid groups (broad SMARTS) is 1. The van der Waals surface area contributed by atoms with Crippen LogP contribution in [0, 0.1) is 11.3 Å². The smallest absolute Gasteiger partial charge is 0.333 e. The summed E-state index contributed by atoms with van der Waals surface area (Å²) in [7, 11) is 0. The van der Waals surface area contributed by atoms with Crippen LogP contribution in [0.2, 0.25) is 0 Å². The molecule has 6 nitrogen and oxygen atoms in total. The number of esters is 2. The van der Waals surface area contributed by atoms with Crippen LogP contribution in [0.1, 0.15) is 26.7 Å². The third kappa shape index (κ3) is 4.18. The molecular formula is C15H20O6. The quantitative estimate of drug-likeness (QED) is 0.347. The molecule has 1 aliphatic rings. The molecule has 0 heterocycles. The Balaban J connectivity index is 2.51. The van der Waals surface area contributed by atoms with Gasteiger partial charge in [-0.05, 0) is 26.7 Å². The predicted molar refractivity (Wildman–Crippen MR) is 74.3 cm³/mol. The molecule has 0 radical (unpaired) electrons. The summed E-state index contributed by atoms with van der Waals surface area (Å²) in [5.74, 6) is -2.94. The number of rotatable bonds is 6. The minimum absolute atomic E-state index is 0.0796. The van der Waals surface area contributed by atoms with Crippen LogP contribution in [0.5, 0.6) is 0 Å². The summed E-state index contributed by atoms with van der Waals surface area (Å²) in [5, 5.41) is 9.28. The van der Waals surface area contributed by atoms with Gasteiger partial charge in [-0.25, -0.2) is 4.79 Å². The third-order valence-corrected chi connectivity index (χ3v) is 3.46. The van der Waals surface area contributed by atoms with Crippen molar-refractivity contribution in [3.05, 3.63) is 24.3 Å². The van der Waals surface area contributed by atoms with E-state index in [0.717, 1.165) is 0 Å². The predicted octanol–water partition coefficient (Wildman–Crippen LogP) is 1.71. The Morgan fingerprint density at radius 3 is 2.52 bits per heavy atom. The van der Waals surface area contributed by atoms with Gasteiger partial charge in [0.2, 0.25) is 0 Å². The van der Waals surface area contributed by atoms with E-state index < -0.39 is 29.2 Å². The molecule has 2 atom stereocenters. The van der Waals surface area contributed by atoms with E-state index in [2.05, 4.69) is 6.58 Å². The lowest BCUT2D eigenvalue weighted by atomic mass is 9.71. The molecule has 0 aromatic carbocycles.